The Morgan fingerprint density at radius 1 is 0.944 bits per heavy atom. The van der Waals surface area contributed by atoms with Crippen LogP contribution in [0.3, 0.4) is 0 Å². The topological polar surface area (TPSA) is 29.5 Å². The van der Waals surface area contributed by atoms with E-state index in [-0.39, 0.29) is 5.75 Å². The van der Waals surface area contributed by atoms with Crippen LogP contribution in [0.15, 0.2) is 48.5 Å². The zero-order chi connectivity index (χ0) is 12.8. The molecule has 0 aliphatic carbocycles. The lowest BCUT2D eigenvalue weighted by atomic mass is 10.0. The summed E-state index contributed by atoms with van der Waals surface area (Å²) in [5.74, 6) is 0.781. The Kier molecular flexibility index (Phi) is 4.24. The number of hydrogen-bond acceptors (Lipinski definition) is 2. The third kappa shape index (κ3) is 3.27. The molecular formula is C16H18O2. The highest BCUT2D eigenvalue weighted by Gasteiger charge is 2.03. The van der Waals surface area contributed by atoms with Crippen molar-refractivity contribution in [2.24, 2.45) is 0 Å². The Balaban J connectivity index is 2.00. The molecule has 0 aromatic heterocycles. The van der Waals surface area contributed by atoms with Gasteiger partial charge in [0, 0.05) is 0 Å². The van der Waals surface area contributed by atoms with E-state index in [1.807, 2.05) is 37.3 Å². The van der Waals surface area contributed by atoms with Crippen molar-refractivity contribution in [3.8, 4) is 11.5 Å². The fourth-order valence-electron chi connectivity index (χ4n) is 1.93. The smallest absolute Gasteiger partial charge is 0.160 e. The summed E-state index contributed by atoms with van der Waals surface area (Å²) in [6.07, 6.45) is 1.90. The highest BCUT2D eigenvalue weighted by atomic mass is 16.5. The van der Waals surface area contributed by atoms with Crippen LogP contribution in [-0.4, -0.2) is 11.7 Å². The normalized spacial score (nSPS) is 10.3. The summed E-state index contributed by atoms with van der Waals surface area (Å²) in [6.45, 7) is 2.47. The molecule has 0 saturated heterocycles. The lowest BCUT2D eigenvalue weighted by molar-refractivity contribution is 0.318. The molecule has 2 aromatic rings. The van der Waals surface area contributed by atoms with Gasteiger partial charge in [-0.15, -0.1) is 0 Å². The van der Waals surface area contributed by atoms with Gasteiger partial charge < -0.3 is 9.84 Å². The second kappa shape index (κ2) is 6.10. The van der Waals surface area contributed by atoms with Crippen molar-refractivity contribution in [3.05, 3.63) is 59.7 Å². The average Bonchev–Trinajstić information content (AvgIpc) is 2.41. The van der Waals surface area contributed by atoms with Crippen LogP contribution in [0.1, 0.15) is 18.1 Å². The highest BCUT2D eigenvalue weighted by molar-refractivity contribution is 5.42. The standard InChI is InChI=1S/C16H18O2/c1-2-18-16-11-10-14(12-15(16)17)9-8-13-6-4-3-5-7-13/h3-7,10-12,17H,2,8-9H2,1H3. The molecule has 1 N–H and O–H groups in total. The van der Waals surface area contributed by atoms with E-state index in [4.69, 9.17) is 4.74 Å². The molecule has 2 aromatic carbocycles. The number of aromatic hydroxyl groups is 1. The number of benzene rings is 2. The second-order valence-corrected chi connectivity index (χ2v) is 4.22. The fourth-order valence-corrected chi connectivity index (χ4v) is 1.93. The van der Waals surface area contributed by atoms with E-state index in [2.05, 4.69) is 12.1 Å². The van der Waals surface area contributed by atoms with Gasteiger partial charge in [-0.05, 0) is 43.0 Å². The van der Waals surface area contributed by atoms with Gasteiger partial charge in [-0.2, -0.15) is 0 Å². The van der Waals surface area contributed by atoms with Crippen molar-refractivity contribution in [3.63, 3.8) is 0 Å². The van der Waals surface area contributed by atoms with Gasteiger partial charge in [-0.3, -0.25) is 0 Å². The minimum Gasteiger partial charge on any atom is -0.504 e. The van der Waals surface area contributed by atoms with Crippen molar-refractivity contribution in [1.29, 1.82) is 0 Å². The van der Waals surface area contributed by atoms with Crippen molar-refractivity contribution < 1.29 is 9.84 Å². The number of phenols is 1. The van der Waals surface area contributed by atoms with Gasteiger partial charge in [0.25, 0.3) is 0 Å². The maximum Gasteiger partial charge on any atom is 0.160 e. The molecule has 2 heteroatoms. The third-order valence-corrected chi connectivity index (χ3v) is 2.87. The van der Waals surface area contributed by atoms with Crippen LogP contribution in [-0.2, 0) is 12.8 Å². The Hall–Kier alpha value is -1.96. The van der Waals surface area contributed by atoms with Crippen LogP contribution in [0.25, 0.3) is 0 Å². The molecule has 0 amide bonds. The molecule has 2 rings (SSSR count). The Morgan fingerprint density at radius 3 is 2.33 bits per heavy atom. The second-order valence-electron chi connectivity index (χ2n) is 4.22. The molecule has 0 heterocycles. The molecule has 0 fully saturated rings. The van der Waals surface area contributed by atoms with E-state index in [0.29, 0.717) is 12.4 Å². The SMILES string of the molecule is CCOc1ccc(CCc2ccccc2)cc1O. The zero-order valence-electron chi connectivity index (χ0n) is 10.6. The summed E-state index contributed by atoms with van der Waals surface area (Å²) in [5.41, 5.74) is 2.44. The maximum atomic E-state index is 9.79. The molecule has 0 bridgehead atoms. The van der Waals surface area contributed by atoms with E-state index in [1.165, 1.54) is 5.56 Å². The molecule has 94 valence electrons. The summed E-state index contributed by atoms with van der Waals surface area (Å²) in [5, 5.41) is 9.79. The van der Waals surface area contributed by atoms with Crippen LogP contribution in [0.4, 0.5) is 0 Å². The van der Waals surface area contributed by atoms with Gasteiger partial charge in [0.15, 0.2) is 11.5 Å². The first-order chi connectivity index (χ1) is 8.79. The summed E-state index contributed by atoms with van der Waals surface area (Å²) >= 11 is 0. The minimum absolute atomic E-state index is 0.224. The zero-order valence-corrected chi connectivity index (χ0v) is 10.6. The van der Waals surface area contributed by atoms with Gasteiger partial charge in [-0.25, -0.2) is 0 Å². The summed E-state index contributed by atoms with van der Waals surface area (Å²) in [7, 11) is 0. The first kappa shape index (κ1) is 12.5. The summed E-state index contributed by atoms with van der Waals surface area (Å²) < 4.78 is 5.30. The van der Waals surface area contributed by atoms with Crippen LogP contribution >= 0.6 is 0 Å². The van der Waals surface area contributed by atoms with Crippen LogP contribution in [0.2, 0.25) is 0 Å². The largest absolute Gasteiger partial charge is 0.504 e. The molecule has 0 spiro atoms. The average molecular weight is 242 g/mol. The van der Waals surface area contributed by atoms with Crippen LogP contribution < -0.4 is 4.74 Å². The number of hydrogen-bond donors (Lipinski definition) is 1. The first-order valence-electron chi connectivity index (χ1n) is 6.28. The van der Waals surface area contributed by atoms with Gasteiger partial charge in [0.1, 0.15) is 0 Å². The Morgan fingerprint density at radius 2 is 1.67 bits per heavy atom. The molecule has 0 unspecified atom stereocenters. The first-order valence-corrected chi connectivity index (χ1v) is 6.28. The van der Waals surface area contributed by atoms with Crippen molar-refractivity contribution >= 4 is 0 Å². The number of aryl methyl sites for hydroxylation is 2. The van der Waals surface area contributed by atoms with E-state index >= 15 is 0 Å². The lowest BCUT2D eigenvalue weighted by Gasteiger charge is -2.08. The van der Waals surface area contributed by atoms with E-state index < -0.39 is 0 Å². The van der Waals surface area contributed by atoms with Crippen molar-refractivity contribution in [2.45, 2.75) is 19.8 Å². The van der Waals surface area contributed by atoms with Crippen LogP contribution in [0.5, 0.6) is 11.5 Å². The van der Waals surface area contributed by atoms with Crippen molar-refractivity contribution in [2.75, 3.05) is 6.61 Å². The van der Waals surface area contributed by atoms with E-state index in [0.717, 1.165) is 18.4 Å². The lowest BCUT2D eigenvalue weighted by Crippen LogP contribution is -1.94. The molecule has 0 aliphatic heterocycles. The Bertz CT molecular complexity index is 492. The van der Waals surface area contributed by atoms with Gasteiger partial charge in [-0.1, -0.05) is 36.4 Å². The number of ether oxygens (including phenoxy) is 1. The summed E-state index contributed by atoms with van der Waals surface area (Å²) in [6, 6.07) is 16.0. The Labute approximate surface area is 108 Å². The molecule has 0 atom stereocenters. The number of rotatable bonds is 5. The predicted octanol–water partition coefficient (Wildman–Crippen LogP) is 3.58. The summed E-state index contributed by atoms with van der Waals surface area (Å²) in [4.78, 5) is 0. The minimum atomic E-state index is 0.224. The molecular weight excluding hydrogens is 224 g/mol. The quantitative estimate of drug-likeness (QED) is 0.868. The van der Waals surface area contributed by atoms with E-state index in [9.17, 15) is 5.11 Å². The highest BCUT2D eigenvalue weighted by Crippen LogP contribution is 2.27. The van der Waals surface area contributed by atoms with Crippen molar-refractivity contribution in [1.82, 2.24) is 0 Å². The molecule has 2 nitrogen and oxygen atoms in total. The monoisotopic (exact) mass is 242 g/mol. The van der Waals surface area contributed by atoms with Gasteiger partial charge in [0.2, 0.25) is 0 Å². The van der Waals surface area contributed by atoms with E-state index in [1.54, 1.807) is 6.07 Å². The predicted molar refractivity (Wildman–Crippen MR) is 73.1 cm³/mol. The molecule has 18 heavy (non-hydrogen) atoms. The maximum absolute atomic E-state index is 9.79. The number of phenolic OH excluding ortho intramolecular Hbond substituents is 1. The third-order valence-electron chi connectivity index (χ3n) is 2.87. The molecule has 0 saturated carbocycles. The van der Waals surface area contributed by atoms with Crippen LogP contribution in [0, 0.1) is 0 Å². The van der Waals surface area contributed by atoms with Gasteiger partial charge >= 0.3 is 0 Å². The fraction of sp³-hybridized carbons (Fsp3) is 0.250. The molecule has 0 radical (unpaired) electrons. The van der Waals surface area contributed by atoms with Gasteiger partial charge in [0.05, 0.1) is 6.61 Å². The molecule has 0 aliphatic rings.